The Morgan fingerprint density at radius 1 is 1.05 bits per heavy atom. The summed E-state index contributed by atoms with van der Waals surface area (Å²) in [6, 6.07) is 10.3. The number of hydrogen-bond acceptors (Lipinski definition) is 5. The van der Waals surface area contributed by atoms with Crippen molar-refractivity contribution < 1.29 is 19.8 Å². The largest absolute Gasteiger partial charge is 0.508 e. The molecule has 0 spiro atoms. The molecule has 1 amide bonds. The standard InChI is InChI=1S/C16H16N2O4/c17-15-12(2-1-3-14(15)21)13(20)8-9-18-16(22)10-4-6-11(19)7-5-10/h1-7,19,21H,8-9,17H2,(H,18,22). The Hall–Kier alpha value is -3.02. The maximum absolute atomic E-state index is 12.0. The molecule has 0 radical (unpaired) electrons. The summed E-state index contributed by atoms with van der Waals surface area (Å²) in [5.74, 6) is -0.666. The number of rotatable bonds is 5. The Balaban J connectivity index is 1.90. The van der Waals surface area contributed by atoms with E-state index in [9.17, 15) is 14.7 Å². The van der Waals surface area contributed by atoms with E-state index in [4.69, 9.17) is 10.8 Å². The highest BCUT2D eigenvalue weighted by molar-refractivity contribution is 6.02. The molecule has 5 N–H and O–H groups in total. The van der Waals surface area contributed by atoms with Gasteiger partial charge in [0.2, 0.25) is 0 Å². The molecule has 0 aliphatic rings. The van der Waals surface area contributed by atoms with Gasteiger partial charge in [-0.1, -0.05) is 6.07 Å². The van der Waals surface area contributed by atoms with E-state index >= 15 is 0 Å². The Labute approximate surface area is 127 Å². The third-order valence-corrected chi connectivity index (χ3v) is 3.15. The molecule has 2 rings (SSSR count). The second kappa shape index (κ2) is 6.62. The van der Waals surface area contributed by atoms with Crippen molar-refractivity contribution in [3.05, 3.63) is 53.6 Å². The van der Waals surface area contributed by atoms with Crippen molar-refractivity contribution in [3.8, 4) is 11.5 Å². The van der Waals surface area contributed by atoms with Gasteiger partial charge in [0.25, 0.3) is 5.91 Å². The number of nitrogens with two attached hydrogens (primary N) is 1. The molecule has 0 unspecified atom stereocenters. The van der Waals surface area contributed by atoms with Crippen LogP contribution in [-0.4, -0.2) is 28.4 Å². The van der Waals surface area contributed by atoms with Gasteiger partial charge in [0.15, 0.2) is 5.78 Å². The number of hydrogen-bond donors (Lipinski definition) is 4. The second-order valence-electron chi connectivity index (χ2n) is 4.71. The van der Waals surface area contributed by atoms with Gasteiger partial charge in [-0.2, -0.15) is 0 Å². The van der Waals surface area contributed by atoms with Crippen LogP contribution in [-0.2, 0) is 0 Å². The fraction of sp³-hybridized carbons (Fsp3) is 0.125. The third-order valence-electron chi connectivity index (χ3n) is 3.15. The number of para-hydroxylation sites is 1. The number of phenolic OH excluding ortho intramolecular Hbond substituents is 2. The molecule has 0 fully saturated rings. The lowest BCUT2D eigenvalue weighted by Crippen LogP contribution is -2.26. The number of nitrogens with one attached hydrogen (secondary N) is 1. The molecule has 0 aliphatic heterocycles. The number of aromatic hydroxyl groups is 2. The van der Waals surface area contributed by atoms with Crippen molar-refractivity contribution in [1.29, 1.82) is 0 Å². The predicted molar refractivity (Wildman–Crippen MR) is 81.9 cm³/mol. The van der Waals surface area contributed by atoms with Crippen LogP contribution in [0.15, 0.2) is 42.5 Å². The Morgan fingerprint density at radius 2 is 1.73 bits per heavy atom. The molecular weight excluding hydrogens is 284 g/mol. The van der Waals surface area contributed by atoms with E-state index in [0.717, 1.165) is 0 Å². The molecule has 114 valence electrons. The fourth-order valence-electron chi connectivity index (χ4n) is 1.94. The zero-order valence-electron chi connectivity index (χ0n) is 11.7. The summed E-state index contributed by atoms with van der Waals surface area (Å²) in [6.07, 6.45) is 0.0669. The molecule has 6 heteroatoms. The third kappa shape index (κ3) is 3.54. The van der Waals surface area contributed by atoms with Gasteiger partial charge in [0, 0.05) is 24.1 Å². The van der Waals surface area contributed by atoms with Crippen LogP contribution >= 0.6 is 0 Å². The number of benzene rings is 2. The van der Waals surface area contributed by atoms with Crippen molar-refractivity contribution in [2.45, 2.75) is 6.42 Å². The van der Waals surface area contributed by atoms with Gasteiger partial charge < -0.3 is 21.3 Å². The highest BCUT2D eigenvalue weighted by Gasteiger charge is 2.13. The van der Waals surface area contributed by atoms with Gasteiger partial charge >= 0.3 is 0 Å². The smallest absolute Gasteiger partial charge is 0.251 e. The average molecular weight is 300 g/mol. The molecule has 0 aliphatic carbocycles. The first kappa shape index (κ1) is 15.4. The molecule has 0 bridgehead atoms. The maximum atomic E-state index is 12.0. The van der Waals surface area contributed by atoms with E-state index in [0.29, 0.717) is 5.56 Å². The SMILES string of the molecule is Nc1c(O)cccc1C(=O)CCNC(=O)c1ccc(O)cc1. The minimum atomic E-state index is -0.336. The molecule has 0 atom stereocenters. The number of anilines is 1. The van der Waals surface area contributed by atoms with Crippen molar-refractivity contribution in [3.63, 3.8) is 0 Å². The quantitative estimate of drug-likeness (QED) is 0.381. The van der Waals surface area contributed by atoms with Crippen LogP contribution in [0.4, 0.5) is 5.69 Å². The lowest BCUT2D eigenvalue weighted by Gasteiger charge is -2.07. The van der Waals surface area contributed by atoms with Gasteiger partial charge in [-0.15, -0.1) is 0 Å². The molecule has 0 saturated carbocycles. The number of phenols is 2. The Bertz CT molecular complexity index is 696. The normalized spacial score (nSPS) is 10.2. The van der Waals surface area contributed by atoms with Crippen LogP contribution in [0.2, 0.25) is 0 Å². The first-order valence-corrected chi connectivity index (χ1v) is 6.67. The molecule has 6 nitrogen and oxygen atoms in total. The zero-order chi connectivity index (χ0) is 16.1. The monoisotopic (exact) mass is 300 g/mol. The summed E-state index contributed by atoms with van der Waals surface area (Å²) in [5.41, 5.74) is 6.30. The number of Topliss-reactive ketones (excluding diaryl/α,β-unsaturated/α-hetero) is 1. The van der Waals surface area contributed by atoms with Crippen molar-refractivity contribution in [2.75, 3.05) is 12.3 Å². The lowest BCUT2D eigenvalue weighted by atomic mass is 10.1. The first-order valence-electron chi connectivity index (χ1n) is 6.67. The minimum absolute atomic E-state index is 0.0392. The number of carbonyl (C=O) groups is 2. The summed E-state index contributed by atoms with van der Waals surface area (Å²) in [6.45, 7) is 0.146. The molecule has 2 aromatic rings. The molecule has 22 heavy (non-hydrogen) atoms. The van der Waals surface area contributed by atoms with Gasteiger partial charge in [0.05, 0.1) is 5.69 Å². The highest BCUT2D eigenvalue weighted by atomic mass is 16.3. The van der Waals surface area contributed by atoms with Gasteiger partial charge in [0.1, 0.15) is 11.5 Å². The van der Waals surface area contributed by atoms with Crippen LogP contribution in [0.5, 0.6) is 11.5 Å². The maximum Gasteiger partial charge on any atom is 0.251 e. The summed E-state index contributed by atoms with van der Waals surface area (Å²) in [5, 5.41) is 21.2. The van der Waals surface area contributed by atoms with Crippen LogP contribution in [0.1, 0.15) is 27.1 Å². The fourth-order valence-corrected chi connectivity index (χ4v) is 1.94. The van der Waals surface area contributed by atoms with Crippen molar-refractivity contribution in [1.82, 2.24) is 5.32 Å². The summed E-state index contributed by atoms with van der Waals surface area (Å²) < 4.78 is 0. The molecule has 0 aromatic heterocycles. The van der Waals surface area contributed by atoms with Gasteiger partial charge in [-0.25, -0.2) is 0 Å². The Kier molecular flexibility index (Phi) is 4.63. The second-order valence-corrected chi connectivity index (χ2v) is 4.71. The molecule has 0 heterocycles. The molecule has 0 saturated heterocycles. The van der Waals surface area contributed by atoms with E-state index in [1.165, 1.54) is 42.5 Å². The van der Waals surface area contributed by atoms with E-state index < -0.39 is 0 Å². The number of carbonyl (C=O) groups excluding carboxylic acids is 2. The van der Waals surface area contributed by atoms with Crippen molar-refractivity contribution in [2.24, 2.45) is 0 Å². The van der Waals surface area contributed by atoms with E-state index in [1.807, 2.05) is 0 Å². The first-order chi connectivity index (χ1) is 10.5. The van der Waals surface area contributed by atoms with Gasteiger partial charge in [-0.3, -0.25) is 9.59 Å². The van der Waals surface area contributed by atoms with E-state index in [1.54, 1.807) is 0 Å². The lowest BCUT2D eigenvalue weighted by molar-refractivity contribution is 0.0940. The summed E-state index contributed by atoms with van der Waals surface area (Å²) >= 11 is 0. The van der Waals surface area contributed by atoms with Crippen LogP contribution in [0, 0.1) is 0 Å². The number of nitrogen functional groups attached to an aromatic ring is 1. The summed E-state index contributed by atoms with van der Waals surface area (Å²) in [4.78, 5) is 23.8. The molecule has 2 aromatic carbocycles. The summed E-state index contributed by atoms with van der Waals surface area (Å²) in [7, 11) is 0. The van der Waals surface area contributed by atoms with Gasteiger partial charge in [-0.05, 0) is 36.4 Å². The van der Waals surface area contributed by atoms with Crippen molar-refractivity contribution >= 4 is 17.4 Å². The molecular formula is C16H16N2O4. The van der Waals surface area contributed by atoms with Crippen LogP contribution in [0.3, 0.4) is 0 Å². The number of amides is 1. The Morgan fingerprint density at radius 3 is 2.41 bits per heavy atom. The van der Waals surface area contributed by atoms with E-state index in [-0.39, 0.29) is 47.4 Å². The average Bonchev–Trinajstić information content (AvgIpc) is 2.50. The zero-order valence-corrected chi connectivity index (χ0v) is 11.7. The van der Waals surface area contributed by atoms with Crippen LogP contribution in [0.25, 0.3) is 0 Å². The number of ketones is 1. The topological polar surface area (TPSA) is 113 Å². The van der Waals surface area contributed by atoms with E-state index in [2.05, 4.69) is 5.32 Å². The predicted octanol–water partition coefficient (Wildman–Crippen LogP) is 1.68. The highest BCUT2D eigenvalue weighted by Crippen LogP contribution is 2.24. The minimum Gasteiger partial charge on any atom is -0.508 e. The van der Waals surface area contributed by atoms with Crippen LogP contribution < -0.4 is 11.1 Å².